The molecule has 2 rings (SSSR count). The topological polar surface area (TPSA) is 42.4 Å². The van der Waals surface area contributed by atoms with Crippen molar-refractivity contribution < 1.29 is 4.42 Å². The van der Waals surface area contributed by atoms with Gasteiger partial charge in [-0.25, -0.2) is 0 Å². The molecule has 0 aliphatic rings. The number of hydrogen-bond acceptors (Lipinski definition) is 3. The fraction of sp³-hybridized carbons (Fsp3) is 0.412. The van der Waals surface area contributed by atoms with E-state index in [4.69, 9.17) is 21.8 Å². The van der Waals surface area contributed by atoms with Crippen molar-refractivity contribution in [2.45, 2.75) is 38.9 Å². The molecular formula is C17H23ClN2O. The van der Waals surface area contributed by atoms with Gasteiger partial charge in [-0.2, -0.15) is 0 Å². The van der Waals surface area contributed by atoms with Gasteiger partial charge in [-0.3, -0.25) is 4.90 Å². The quantitative estimate of drug-likeness (QED) is 0.871. The van der Waals surface area contributed by atoms with Crippen LogP contribution in [0.4, 0.5) is 0 Å². The lowest BCUT2D eigenvalue weighted by Crippen LogP contribution is -2.38. The van der Waals surface area contributed by atoms with Crippen LogP contribution in [0.2, 0.25) is 5.02 Å². The highest BCUT2D eigenvalue weighted by Crippen LogP contribution is 2.30. The van der Waals surface area contributed by atoms with Crippen molar-refractivity contribution in [3.63, 3.8) is 0 Å². The fourth-order valence-electron chi connectivity index (χ4n) is 2.65. The third kappa shape index (κ3) is 3.88. The molecular weight excluding hydrogens is 284 g/mol. The van der Waals surface area contributed by atoms with E-state index in [-0.39, 0.29) is 12.1 Å². The van der Waals surface area contributed by atoms with Crippen molar-refractivity contribution >= 4 is 11.6 Å². The highest BCUT2D eigenvalue weighted by atomic mass is 35.5. The van der Waals surface area contributed by atoms with Crippen LogP contribution in [-0.4, -0.2) is 18.0 Å². The Morgan fingerprint density at radius 3 is 2.52 bits per heavy atom. The number of rotatable bonds is 6. The van der Waals surface area contributed by atoms with Crippen molar-refractivity contribution in [3.05, 3.63) is 58.5 Å². The Balaban J connectivity index is 2.25. The number of nitrogens with zero attached hydrogens (tertiary/aromatic N) is 1. The maximum Gasteiger partial charge on any atom is 0.118 e. The molecule has 0 aliphatic carbocycles. The molecule has 0 aliphatic heterocycles. The van der Waals surface area contributed by atoms with Crippen molar-refractivity contribution in [1.82, 2.24) is 4.90 Å². The standard InChI is InChI=1S/C17H23ClN2O/c1-4-16(19)17(14-7-5-6-8-15(14)18)20(3)11-13-10-9-12(2)21-13/h5-10,16-17H,4,11,19H2,1-3H3. The molecule has 3 nitrogen and oxygen atoms in total. The maximum atomic E-state index is 6.37. The molecule has 0 spiro atoms. The molecule has 0 fully saturated rings. The van der Waals surface area contributed by atoms with Crippen LogP contribution in [0.25, 0.3) is 0 Å². The van der Waals surface area contributed by atoms with E-state index in [0.717, 1.165) is 28.5 Å². The molecule has 21 heavy (non-hydrogen) atoms. The van der Waals surface area contributed by atoms with E-state index in [1.54, 1.807) is 0 Å². The first-order chi connectivity index (χ1) is 10.0. The van der Waals surface area contributed by atoms with E-state index in [9.17, 15) is 0 Å². The summed E-state index contributed by atoms with van der Waals surface area (Å²) >= 11 is 6.37. The zero-order chi connectivity index (χ0) is 15.4. The summed E-state index contributed by atoms with van der Waals surface area (Å²) in [6, 6.07) is 12.0. The Morgan fingerprint density at radius 1 is 1.24 bits per heavy atom. The van der Waals surface area contributed by atoms with E-state index in [2.05, 4.69) is 18.9 Å². The van der Waals surface area contributed by atoms with Crippen LogP contribution in [0.1, 0.15) is 36.5 Å². The molecule has 0 bridgehead atoms. The van der Waals surface area contributed by atoms with Gasteiger partial charge in [0.15, 0.2) is 0 Å². The third-order valence-corrected chi connectivity index (χ3v) is 4.12. The fourth-order valence-corrected chi connectivity index (χ4v) is 2.89. The predicted octanol–water partition coefficient (Wildman–Crippen LogP) is 4.15. The monoisotopic (exact) mass is 306 g/mol. The second-order valence-corrected chi connectivity index (χ2v) is 5.87. The summed E-state index contributed by atoms with van der Waals surface area (Å²) in [5.74, 6) is 1.86. The van der Waals surface area contributed by atoms with E-state index in [0.29, 0.717) is 6.54 Å². The average Bonchev–Trinajstić information content (AvgIpc) is 2.86. The molecule has 2 unspecified atom stereocenters. The van der Waals surface area contributed by atoms with Crippen molar-refractivity contribution in [2.75, 3.05) is 7.05 Å². The smallest absolute Gasteiger partial charge is 0.118 e. The van der Waals surface area contributed by atoms with E-state index in [1.165, 1.54) is 0 Å². The molecule has 0 saturated heterocycles. The highest BCUT2D eigenvalue weighted by Gasteiger charge is 2.25. The number of hydrogen-bond donors (Lipinski definition) is 1. The molecule has 2 atom stereocenters. The van der Waals surface area contributed by atoms with Gasteiger partial charge in [-0.1, -0.05) is 36.7 Å². The summed E-state index contributed by atoms with van der Waals surface area (Å²) < 4.78 is 5.67. The first-order valence-corrected chi connectivity index (χ1v) is 7.66. The molecule has 1 aromatic carbocycles. The zero-order valence-electron chi connectivity index (χ0n) is 12.8. The lowest BCUT2D eigenvalue weighted by Gasteiger charge is -2.32. The summed E-state index contributed by atoms with van der Waals surface area (Å²) in [4.78, 5) is 2.20. The van der Waals surface area contributed by atoms with Crippen molar-refractivity contribution in [1.29, 1.82) is 0 Å². The van der Waals surface area contributed by atoms with E-state index in [1.807, 2.05) is 43.3 Å². The lowest BCUT2D eigenvalue weighted by molar-refractivity contribution is 0.187. The van der Waals surface area contributed by atoms with E-state index < -0.39 is 0 Å². The molecule has 2 aromatic rings. The SMILES string of the molecule is CCC(N)C(c1ccccc1Cl)N(C)Cc1ccc(C)o1. The number of benzene rings is 1. The minimum Gasteiger partial charge on any atom is -0.465 e. The maximum absolute atomic E-state index is 6.37. The van der Waals surface area contributed by atoms with Gasteiger partial charge in [0, 0.05) is 11.1 Å². The van der Waals surface area contributed by atoms with Gasteiger partial charge < -0.3 is 10.2 Å². The normalized spacial score (nSPS) is 14.4. The summed E-state index contributed by atoms with van der Waals surface area (Å²) in [5, 5.41) is 0.758. The molecule has 0 amide bonds. The number of aryl methyl sites for hydroxylation is 1. The van der Waals surface area contributed by atoms with Gasteiger partial charge in [0.2, 0.25) is 0 Å². The average molecular weight is 307 g/mol. The molecule has 0 radical (unpaired) electrons. The van der Waals surface area contributed by atoms with Crippen LogP contribution in [-0.2, 0) is 6.54 Å². The number of halogens is 1. The Kier molecular flexibility index (Phi) is 5.45. The van der Waals surface area contributed by atoms with Gasteiger partial charge in [0.25, 0.3) is 0 Å². The van der Waals surface area contributed by atoms with Crippen LogP contribution >= 0.6 is 11.6 Å². The van der Waals surface area contributed by atoms with Crippen LogP contribution in [0.3, 0.4) is 0 Å². The lowest BCUT2D eigenvalue weighted by atomic mass is 9.96. The van der Waals surface area contributed by atoms with Gasteiger partial charge >= 0.3 is 0 Å². The molecule has 1 aromatic heterocycles. The largest absolute Gasteiger partial charge is 0.465 e. The first kappa shape index (κ1) is 16.1. The summed E-state index contributed by atoms with van der Waals surface area (Å²) in [5.41, 5.74) is 7.42. The minimum absolute atomic E-state index is 0.0194. The Hall–Kier alpha value is -1.29. The molecule has 0 saturated carbocycles. The van der Waals surface area contributed by atoms with Gasteiger partial charge in [0.05, 0.1) is 12.6 Å². The Labute approximate surface area is 131 Å². The molecule has 2 N–H and O–H groups in total. The first-order valence-electron chi connectivity index (χ1n) is 7.28. The Bertz CT molecular complexity index is 582. The zero-order valence-corrected chi connectivity index (χ0v) is 13.6. The second kappa shape index (κ2) is 7.12. The summed E-state index contributed by atoms with van der Waals surface area (Å²) in [6.07, 6.45) is 0.886. The predicted molar refractivity (Wildman–Crippen MR) is 87.4 cm³/mol. The number of nitrogens with two attached hydrogens (primary N) is 1. The highest BCUT2D eigenvalue weighted by molar-refractivity contribution is 6.31. The summed E-state index contributed by atoms with van der Waals surface area (Å²) in [7, 11) is 2.06. The van der Waals surface area contributed by atoms with Crippen molar-refractivity contribution in [2.24, 2.45) is 5.73 Å². The Morgan fingerprint density at radius 2 is 1.95 bits per heavy atom. The van der Waals surface area contributed by atoms with Crippen molar-refractivity contribution in [3.8, 4) is 0 Å². The number of furan rings is 1. The van der Waals surface area contributed by atoms with Crippen LogP contribution in [0, 0.1) is 6.92 Å². The van der Waals surface area contributed by atoms with E-state index >= 15 is 0 Å². The van der Waals surface area contributed by atoms with Crippen LogP contribution < -0.4 is 5.73 Å². The van der Waals surface area contributed by atoms with Gasteiger partial charge in [-0.15, -0.1) is 0 Å². The van der Waals surface area contributed by atoms with Gasteiger partial charge in [-0.05, 0) is 44.2 Å². The summed E-state index contributed by atoms with van der Waals surface area (Å²) in [6.45, 7) is 4.75. The van der Waals surface area contributed by atoms with Crippen LogP contribution in [0.5, 0.6) is 0 Å². The third-order valence-electron chi connectivity index (χ3n) is 3.78. The van der Waals surface area contributed by atoms with Crippen LogP contribution in [0.15, 0.2) is 40.8 Å². The minimum atomic E-state index is 0.0194. The molecule has 4 heteroatoms. The molecule has 114 valence electrons. The number of likely N-dealkylation sites (N-methyl/N-ethyl adjacent to an activating group) is 1. The molecule has 1 heterocycles. The second-order valence-electron chi connectivity index (χ2n) is 5.47. The van der Waals surface area contributed by atoms with Gasteiger partial charge in [0.1, 0.15) is 11.5 Å².